The van der Waals surface area contributed by atoms with Crippen molar-refractivity contribution >= 4 is 33.4 Å². The number of carboxylic acid groups (broad SMARTS) is 1. The summed E-state index contributed by atoms with van der Waals surface area (Å²) in [5, 5.41) is 13.2. The average Bonchev–Trinajstić information content (AvgIpc) is 3.11. The van der Waals surface area contributed by atoms with Gasteiger partial charge < -0.3 is 14.6 Å². The van der Waals surface area contributed by atoms with Crippen LogP contribution in [0.25, 0.3) is 16.3 Å². The molecule has 8 heteroatoms. The molecule has 0 saturated heterocycles. The molecule has 3 aromatic rings. The zero-order valence-electron chi connectivity index (χ0n) is 12.8. The Labute approximate surface area is 150 Å². The Bertz CT molecular complexity index is 886. The van der Waals surface area contributed by atoms with Gasteiger partial charge in [0.05, 0.1) is 27.2 Å². The van der Waals surface area contributed by atoms with Crippen molar-refractivity contribution in [3.63, 3.8) is 0 Å². The third kappa shape index (κ3) is 3.15. The molecule has 0 amide bonds. The number of nitrogens with zero attached hydrogens (tertiary/aromatic N) is 2. The standard InChI is InChI=1S/C16H13BrN2O4S/c1-9-14(12-7-8-13(17)24-12)19(18-15(9)23-16(20)21)10-3-5-11(22-2)6-4-10/h3-8H,1-2H3,(H,20,21). The molecule has 24 heavy (non-hydrogen) atoms. The first kappa shape index (κ1) is 16.5. The number of carbonyl (C=O) groups is 1. The minimum Gasteiger partial charge on any atom is -0.497 e. The minimum absolute atomic E-state index is 0.0674. The van der Waals surface area contributed by atoms with Crippen molar-refractivity contribution in [3.8, 4) is 27.9 Å². The first-order valence-corrected chi connectivity index (χ1v) is 8.51. The number of methoxy groups -OCH3 is 1. The predicted octanol–water partition coefficient (Wildman–Crippen LogP) is 4.74. The van der Waals surface area contributed by atoms with Crippen LogP contribution in [-0.4, -0.2) is 28.2 Å². The number of hydrogen-bond donors (Lipinski definition) is 1. The fraction of sp³-hybridized carbons (Fsp3) is 0.125. The van der Waals surface area contributed by atoms with Crippen LogP contribution < -0.4 is 9.47 Å². The van der Waals surface area contributed by atoms with Crippen LogP contribution in [0.15, 0.2) is 40.2 Å². The van der Waals surface area contributed by atoms with Crippen molar-refractivity contribution in [2.24, 2.45) is 0 Å². The Morgan fingerprint density at radius 3 is 2.50 bits per heavy atom. The van der Waals surface area contributed by atoms with Crippen molar-refractivity contribution in [2.75, 3.05) is 7.11 Å². The number of benzene rings is 1. The minimum atomic E-state index is -1.39. The molecule has 0 unspecified atom stereocenters. The summed E-state index contributed by atoms with van der Waals surface area (Å²) < 4.78 is 12.6. The molecule has 0 saturated carbocycles. The average molecular weight is 409 g/mol. The highest BCUT2D eigenvalue weighted by Gasteiger charge is 2.21. The maximum absolute atomic E-state index is 10.9. The molecule has 0 radical (unpaired) electrons. The van der Waals surface area contributed by atoms with Gasteiger partial charge in [0.1, 0.15) is 5.75 Å². The fourth-order valence-electron chi connectivity index (χ4n) is 2.30. The maximum atomic E-state index is 10.9. The van der Waals surface area contributed by atoms with Gasteiger partial charge in [0.2, 0.25) is 5.88 Å². The first-order chi connectivity index (χ1) is 11.5. The van der Waals surface area contributed by atoms with E-state index in [1.165, 1.54) is 11.3 Å². The number of ether oxygens (including phenoxy) is 2. The zero-order valence-corrected chi connectivity index (χ0v) is 15.2. The molecule has 0 aliphatic rings. The molecule has 6 nitrogen and oxygen atoms in total. The van der Waals surface area contributed by atoms with Crippen LogP contribution >= 0.6 is 27.3 Å². The highest BCUT2D eigenvalue weighted by atomic mass is 79.9. The van der Waals surface area contributed by atoms with Gasteiger partial charge in [0.15, 0.2) is 0 Å². The van der Waals surface area contributed by atoms with E-state index >= 15 is 0 Å². The van der Waals surface area contributed by atoms with Crippen LogP contribution in [0.1, 0.15) is 5.56 Å². The predicted molar refractivity (Wildman–Crippen MR) is 94.5 cm³/mol. The second kappa shape index (κ2) is 6.66. The molecule has 0 bridgehead atoms. The van der Waals surface area contributed by atoms with Crippen molar-refractivity contribution in [3.05, 3.63) is 45.7 Å². The van der Waals surface area contributed by atoms with E-state index in [0.29, 0.717) is 5.56 Å². The molecular formula is C16H13BrN2O4S. The van der Waals surface area contributed by atoms with E-state index in [1.54, 1.807) is 18.7 Å². The highest BCUT2D eigenvalue weighted by molar-refractivity contribution is 9.11. The van der Waals surface area contributed by atoms with Crippen molar-refractivity contribution in [2.45, 2.75) is 6.92 Å². The van der Waals surface area contributed by atoms with Crippen LogP contribution in [-0.2, 0) is 0 Å². The van der Waals surface area contributed by atoms with Gasteiger partial charge in [-0.2, -0.15) is 0 Å². The Kier molecular flexibility index (Phi) is 4.59. The SMILES string of the molecule is COc1ccc(-n2nc(OC(=O)O)c(C)c2-c2ccc(Br)s2)cc1. The van der Waals surface area contributed by atoms with Gasteiger partial charge in [-0.1, -0.05) is 0 Å². The molecule has 3 rings (SSSR count). The third-order valence-corrected chi connectivity index (χ3v) is 5.02. The smallest absolute Gasteiger partial charge is 0.497 e. The van der Waals surface area contributed by atoms with Gasteiger partial charge in [-0.05, 0) is 59.3 Å². The van der Waals surface area contributed by atoms with Crippen molar-refractivity contribution in [1.82, 2.24) is 9.78 Å². The van der Waals surface area contributed by atoms with E-state index in [-0.39, 0.29) is 5.88 Å². The van der Waals surface area contributed by atoms with E-state index < -0.39 is 6.16 Å². The summed E-state index contributed by atoms with van der Waals surface area (Å²) >= 11 is 4.98. The topological polar surface area (TPSA) is 73.6 Å². The summed E-state index contributed by atoms with van der Waals surface area (Å²) in [6.45, 7) is 1.79. The van der Waals surface area contributed by atoms with E-state index in [2.05, 4.69) is 21.0 Å². The Hall–Kier alpha value is -2.32. The number of aromatic nitrogens is 2. The van der Waals surface area contributed by atoms with Gasteiger partial charge in [-0.3, -0.25) is 0 Å². The van der Waals surface area contributed by atoms with Gasteiger partial charge in [-0.25, -0.2) is 9.48 Å². The van der Waals surface area contributed by atoms with E-state index in [1.807, 2.05) is 36.4 Å². The maximum Gasteiger partial charge on any atom is 0.512 e. The normalized spacial score (nSPS) is 10.6. The van der Waals surface area contributed by atoms with Crippen LogP contribution in [0.2, 0.25) is 0 Å². The highest BCUT2D eigenvalue weighted by Crippen LogP contribution is 2.38. The quantitative estimate of drug-likeness (QED) is 0.631. The monoisotopic (exact) mass is 408 g/mol. The Balaban J connectivity index is 2.17. The summed E-state index contributed by atoms with van der Waals surface area (Å²) in [7, 11) is 1.60. The second-order valence-electron chi connectivity index (χ2n) is 4.86. The van der Waals surface area contributed by atoms with E-state index in [9.17, 15) is 4.79 Å². The second-order valence-corrected chi connectivity index (χ2v) is 7.32. The lowest BCUT2D eigenvalue weighted by Gasteiger charge is -2.07. The molecule has 0 fully saturated rings. The molecule has 2 aromatic heterocycles. The number of hydrogen-bond acceptors (Lipinski definition) is 5. The molecule has 0 atom stereocenters. The van der Waals surface area contributed by atoms with Crippen LogP contribution in [0.5, 0.6) is 11.6 Å². The summed E-state index contributed by atoms with van der Waals surface area (Å²) in [4.78, 5) is 11.9. The lowest BCUT2D eigenvalue weighted by Crippen LogP contribution is -2.05. The lowest BCUT2D eigenvalue weighted by molar-refractivity contribution is 0.142. The molecular weight excluding hydrogens is 396 g/mol. The van der Waals surface area contributed by atoms with E-state index in [0.717, 1.165) is 25.8 Å². The van der Waals surface area contributed by atoms with Gasteiger partial charge in [0, 0.05) is 5.56 Å². The van der Waals surface area contributed by atoms with Gasteiger partial charge in [0.25, 0.3) is 0 Å². The first-order valence-electron chi connectivity index (χ1n) is 6.90. The fourth-order valence-corrected chi connectivity index (χ4v) is 3.77. The summed E-state index contributed by atoms with van der Waals surface area (Å²) in [5.74, 6) is 0.794. The molecule has 0 spiro atoms. The van der Waals surface area contributed by atoms with Crippen LogP contribution in [0.3, 0.4) is 0 Å². The number of halogens is 1. The summed E-state index contributed by atoms with van der Waals surface area (Å²) in [6, 6.07) is 11.2. The molecule has 0 aliphatic heterocycles. The Morgan fingerprint density at radius 2 is 1.96 bits per heavy atom. The van der Waals surface area contributed by atoms with Crippen LogP contribution in [0.4, 0.5) is 4.79 Å². The molecule has 1 N–H and O–H groups in total. The molecule has 0 aliphatic carbocycles. The number of thiophene rings is 1. The van der Waals surface area contributed by atoms with Gasteiger partial charge in [-0.15, -0.1) is 16.4 Å². The lowest BCUT2D eigenvalue weighted by atomic mass is 10.2. The Morgan fingerprint density at radius 1 is 1.25 bits per heavy atom. The van der Waals surface area contributed by atoms with Crippen molar-refractivity contribution < 1.29 is 19.4 Å². The van der Waals surface area contributed by atoms with E-state index in [4.69, 9.17) is 14.6 Å². The van der Waals surface area contributed by atoms with Crippen molar-refractivity contribution in [1.29, 1.82) is 0 Å². The summed E-state index contributed by atoms with van der Waals surface area (Å²) in [6.07, 6.45) is -1.39. The largest absolute Gasteiger partial charge is 0.512 e. The molecule has 1 aromatic carbocycles. The molecule has 2 heterocycles. The van der Waals surface area contributed by atoms with Gasteiger partial charge >= 0.3 is 6.16 Å². The molecule has 124 valence electrons. The number of rotatable bonds is 4. The zero-order chi connectivity index (χ0) is 17.3. The summed E-state index contributed by atoms with van der Waals surface area (Å²) in [5.41, 5.74) is 2.22. The van der Waals surface area contributed by atoms with Crippen LogP contribution in [0, 0.1) is 6.92 Å². The third-order valence-electron chi connectivity index (χ3n) is 3.39.